The van der Waals surface area contributed by atoms with Gasteiger partial charge in [0.25, 0.3) is 0 Å². The second-order valence-electron chi connectivity index (χ2n) is 7.00. The summed E-state index contributed by atoms with van der Waals surface area (Å²) in [5.41, 5.74) is 7.15. The van der Waals surface area contributed by atoms with Gasteiger partial charge in [-0.05, 0) is 84.7 Å². The van der Waals surface area contributed by atoms with Crippen molar-refractivity contribution in [2.24, 2.45) is 5.18 Å². The first-order chi connectivity index (χ1) is 15.5. The molecule has 0 saturated carbocycles. The summed E-state index contributed by atoms with van der Waals surface area (Å²) in [5.74, 6) is 0.0126. The molecule has 3 rings (SSSR count). The van der Waals surface area contributed by atoms with E-state index in [1.54, 1.807) is 36.4 Å². The SMILES string of the molecule is Nc1cc(N=O)cc(C(=O)OCCCCOc2ccc(C(=O)c3ccc(O)cc3)cc2)c1. The van der Waals surface area contributed by atoms with Crippen LogP contribution in [0.1, 0.15) is 39.1 Å². The average molecular weight is 434 g/mol. The van der Waals surface area contributed by atoms with Crippen LogP contribution in [0.25, 0.3) is 0 Å². The van der Waals surface area contributed by atoms with Crippen molar-refractivity contribution in [2.45, 2.75) is 12.8 Å². The van der Waals surface area contributed by atoms with E-state index in [1.807, 2.05) is 0 Å². The Kier molecular flexibility index (Phi) is 7.53. The van der Waals surface area contributed by atoms with Gasteiger partial charge in [0.1, 0.15) is 17.2 Å². The van der Waals surface area contributed by atoms with E-state index in [2.05, 4.69) is 5.18 Å². The van der Waals surface area contributed by atoms with Crippen LogP contribution in [0, 0.1) is 4.91 Å². The molecule has 0 fully saturated rings. The zero-order chi connectivity index (χ0) is 22.9. The smallest absolute Gasteiger partial charge is 0.338 e. The van der Waals surface area contributed by atoms with Gasteiger partial charge >= 0.3 is 5.97 Å². The maximum Gasteiger partial charge on any atom is 0.338 e. The van der Waals surface area contributed by atoms with E-state index in [1.165, 1.54) is 30.3 Å². The molecule has 164 valence electrons. The molecular weight excluding hydrogens is 412 g/mol. The molecule has 8 heteroatoms. The van der Waals surface area contributed by atoms with Gasteiger partial charge in [0.15, 0.2) is 5.78 Å². The highest BCUT2D eigenvalue weighted by Gasteiger charge is 2.11. The van der Waals surface area contributed by atoms with Gasteiger partial charge in [-0.2, -0.15) is 0 Å². The standard InChI is InChI=1S/C24H22N2O6/c25-19-13-18(14-20(15-19)26-30)24(29)32-12-2-1-11-31-22-9-5-17(6-10-22)23(28)16-3-7-21(27)8-4-16/h3-10,13-15,27H,1-2,11-12,25H2. The van der Waals surface area contributed by atoms with Crippen molar-refractivity contribution in [1.29, 1.82) is 0 Å². The quantitative estimate of drug-likeness (QED) is 0.157. The lowest BCUT2D eigenvalue weighted by Gasteiger charge is -2.08. The number of benzene rings is 3. The molecule has 3 N–H and O–H groups in total. The van der Waals surface area contributed by atoms with E-state index in [0.29, 0.717) is 36.3 Å². The lowest BCUT2D eigenvalue weighted by molar-refractivity contribution is 0.0494. The number of nitroso groups, excluding NO2 is 1. The van der Waals surface area contributed by atoms with Gasteiger partial charge < -0.3 is 20.3 Å². The molecule has 0 aliphatic rings. The molecule has 8 nitrogen and oxygen atoms in total. The van der Waals surface area contributed by atoms with E-state index in [4.69, 9.17) is 15.2 Å². The third-order valence-corrected chi connectivity index (χ3v) is 4.57. The fourth-order valence-corrected chi connectivity index (χ4v) is 2.93. The van der Waals surface area contributed by atoms with Gasteiger partial charge in [-0.15, -0.1) is 4.91 Å². The topological polar surface area (TPSA) is 128 Å². The van der Waals surface area contributed by atoms with Crippen LogP contribution in [0.4, 0.5) is 11.4 Å². The van der Waals surface area contributed by atoms with Crippen LogP contribution in [0.3, 0.4) is 0 Å². The van der Waals surface area contributed by atoms with Crippen LogP contribution in [0.2, 0.25) is 0 Å². The Balaban J connectivity index is 1.39. The molecule has 0 spiro atoms. The molecule has 0 heterocycles. The number of ketones is 1. The number of nitrogens with zero attached hydrogens (tertiary/aromatic N) is 1. The second-order valence-corrected chi connectivity index (χ2v) is 7.00. The number of aromatic hydroxyl groups is 1. The van der Waals surface area contributed by atoms with Gasteiger partial charge in [0.05, 0.1) is 18.8 Å². The minimum Gasteiger partial charge on any atom is -0.508 e. The highest BCUT2D eigenvalue weighted by atomic mass is 16.5. The lowest BCUT2D eigenvalue weighted by Crippen LogP contribution is -2.08. The highest BCUT2D eigenvalue weighted by Crippen LogP contribution is 2.20. The van der Waals surface area contributed by atoms with Crippen LogP contribution in [0.15, 0.2) is 71.9 Å². The minimum absolute atomic E-state index is 0.0705. The Hall–Kier alpha value is -4.20. The zero-order valence-corrected chi connectivity index (χ0v) is 17.2. The molecule has 0 aliphatic carbocycles. The normalized spacial score (nSPS) is 10.4. The first-order valence-corrected chi connectivity index (χ1v) is 9.94. The molecule has 32 heavy (non-hydrogen) atoms. The lowest BCUT2D eigenvalue weighted by atomic mass is 10.0. The number of phenols is 1. The van der Waals surface area contributed by atoms with Gasteiger partial charge in [0.2, 0.25) is 0 Å². The zero-order valence-electron chi connectivity index (χ0n) is 17.2. The van der Waals surface area contributed by atoms with Crippen molar-refractivity contribution in [3.05, 3.63) is 88.3 Å². The number of nitrogen functional groups attached to an aromatic ring is 1. The van der Waals surface area contributed by atoms with Crippen LogP contribution >= 0.6 is 0 Å². The summed E-state index contributed by atoms with van der Waals surface area (Å²) in [4.78, 5) is 35.1. The Morgan fingerprint density at radius 3 is 2.12 bits per heavy atom. The molecular formula is C24H22N2O6. The van der Waals surface area contributed by atoms with E-state index < -0.39 is 5.97 Å². The van der Waals surface area contributed by atoms with Gasteiger partial charge in [-0.3, -0.25) is 4.79 Å². The van der Waals surface area contributed by atoms with Crippen LogP contribution in [0.5, 0.6) is 11.5 Å². The van der Waals surface area contributed by atoms with E-state index >= 15 is 0 Å². The molecule has 0 unspecified atom stereocenters. The van der Waals surface area contributed by atoms with E-state index in [9.17, 15) is 19.6 Å². The number of anilines is 1. The molecule has 3 aromatic carbocycles. The number of hydrogen-bond acceptors (Lipinski definition) is 8. The molecule has 0 saturated heterocycles. The summed E-state index contributed by atoms with van der Waals surface area (Å²) < 4.78 is 10.8. The van der Waals surface area contributed by atoms with Crippen LogP contribution < -0.4 is 10.5 Å². The van der Waals surface area contributed by atoms with Gasteiger partial charge in [-0.25, -0.2) is 4.79 Å². The number of unbranched alkanes of at least 4 members (excludes halogenated alkanes) is 1. The number of hydrogen-bond donors (Lipinski definition) is 2. The van der Waals surface area contributed by atoms with Crippen molar-refractivity contribution in [3.63, 3.8) is 0 Å². The van der Waals surface area contributed by atoms with Gasteiger partial charge in [-0.1, -0.05) is 0 Å². The maximum atomic E-state index is 12.4. The number of nitrogens with two attached hydrogens (primary N) is 1. The molecule has 0 atom stereocenters. The van der Waals surface area contributed by atoms with Crippen molar-refractivity contribution < 1.29 is 24.2 Å². The molecule has 0 aliphatic heterocycles. The number of rotatable bonds is 10. The summed E-state index contributed by atoms with van der Waals surface area (Å²) in [5, 5.41) is 12.1. The summed E-state index contributed by atoms with van der Waals surface area (Å²) >= 11 is 0. The molecule has 0 bridgehead atoms. The second kappa shape index (κ2) is 10.7. The Morgan fingerprint density at radius 1 is 0.844 bits per heavy atom. The predicted octanol–water partition coefficient (Wildman–Crippen LogP) is 4.62. The van der Waals surface area contributed by atoms with Crippen molar-refractivity contribution in [3.8, 4) is 11.5 Å². The molecule has 0 amide bonds. The monoisotopic (exact) mass is 434 g/mol. The van der Waals surface area contributed by atoms with Crippen molar-refractivity contribution in [2.75, 3.05) is 18.9 Å². The van der Waals surface area contributed by atoms with Gasteiger partial charge in [0, 0.05) is 16.8 Å². The third kappa shape index (κ3) is 6.15. The molecule has 3 aromatic rings. The first kappa shape index (κ1) is 22.5. The number of esters is 1. The number of carbonyl (C=O) groups excluding carboxylic acids is 2. The maximum absolute atomic E-state index is 12.4. The Labute approximate surface area is 184 Å². The first-order valence-electron chi connectivity index (χ1n) is 9.94. The summed E-state index contributed by atoms with van der Waals surface area (Å²) in [6.45, 7) is 0.612. The van der Waals surface area contributed by atoms with E-state index in [-0.39, 0.29) is 35.1 Å². The van der Waals surface area contributed by atoms with Crippen LogP contribution in [-0.2, 0) is 4.74 Å². The molecule has 0 aromatic heterocycles. The Bertz CT molecular complexity index is 1090. The number of carbonyl (C=O) groups is 2. The van der Waals surface area contributed by atoms with E-state index in [0.717, 1.165) is 0 Å². The fraction of sp³-hybridized carbons (Fsp3) is 0.167. The largest absolute Gasteiger partial charge is 0.508 e. The summed E-state index contributed by atoms with van der Waals surface area (Å²) in [6, 6.07) is 17.0. The van der Waals surface area contributed by atoms with Crippen LogP contribution in [-0.4, -0.2) is 30.1 Å². The predicted molar refractivity (Wildman–Crippen MR) is 119 cm³/mol. The fourth-order valence-electron chi connectivity index (χ4n) is 2.93. The third-order valence-electron chi connectivity index (χ3n) is 4.57. The van der Waals surface area contributed by atoms with Crippen molar-refractivity contribution >= 4 is 23.1 Å². The minimum atomic E-state index is -0.572. The summed E-state index contributed by atoms with van der Waals surface area (Å²) in [7, 11) is 0. The number of ether oxygens (including phenoxy) is 2. The molecule has 0 radical (unpaired) electrons. The number of phenolic OH excluding ortho intramolecular Hbond substituents is 1. The highest BCUT2D eigenvalue weighted by molar-refractivity contribution is 6.09. The summed E-state index contributed by atoms with van der Waals surface area (Å²) in [6.07, 6.45) is 1.24. The van der Waals surface area contributed by atoms with Crippen molar-refractivity contribution in [1.82, 2.24) is 0 Å². The Morgan fingerprint density at radius 2 is 1.47 bits per heavy atom. The average Bonchev–Trinajstić information content (AvgIpc) is 2.81.